The van der Waals surface area contributed by atoms with E-state index in [4.69, 9.17) is 5.73 Å². The maximum Gasteiger partial charge on any atom is 0.224 e. The highest BCUT2D eigenvalue weighted by Crippen LogP contribution is 2.21. The molecule has 0 saturated heterocycles. The van der Waals surface area contributed by atoms with Gasteiger partial charge in [-0.3, -0.25) is 4.79 Å². The zero-order valence-corrected chi connectivity index (χ0v) is 17.9. The maximum absolute atomic E-state index is 12.1. The van der Waals surface area contributed by atoms with Gasteiger partial charge in [0.15, 0.2) is 0 Å². The lowest BCUT2D eigenvalue weighted by molar-refractivity contribution is -0.116. The molecule has 0 fully saturated rings. The van der Waals surface area contributed by atoms with Gasteiger partial charge in [0.25, 0.3) is 0 Å². The molecule has 0 unspecified atom stereocenters. The van der Waals surface area contributed by atoms with Crippen molar-refractivity contribution in [2.24, 2.45) is 0 Å². The number of unbranched alkanes of at least 4 members (excludes halogenated alkanes) is 3. The molecule has 0 bridgehead atoms. The van der Waals surface area contributed by atoms with Crippen LogP contribution >= 0.6 is 0 Å². The number of nitrogens with one attached hydrogen (secondary N) is 2. The Bertz CT molecular complexity index is 710. The number of benzene rings is 1. The summed E-state index contributed by atoms with van der Waals surface area (Å²) >= 11 is 0. The number of amides is 1. The highest BCUT2D eigenvalue weighted by atomic mass is 32.2. The molecule has 0 aliphatic heterocycles. The van der Waals surface area contributed by atoms with Crippen molar-refractivity contribution in [1.29, 1.82) is 0 Å². The molecule has 1 rings (SSSR count). The van der Waals surface area contributed by atoms with Crippen molar-refractivity contribution in [3.8, 4) is 0 Å². The molecule has 6 nitrogen and oxygen atoms in total. The number of hydrogen-bond donors (Lipinski definition) is 3. The summed E-state index contributed by atoms with van der Waals surface area (Å²) in [5, 5.41) is 2.83. The van der Waals surface area contributed by atoms with Crippen molar-refractivity contribution in [2.75, 3.05) is 17.6 Å². The molecular weight excluding hydrogens is 362 g/mol. The van der Waals surface area contributed by atoms with E-state index in [1.54, 1.807) is 20.8 Å². The predicted molar refractivity (Wildman–Crippen MR) is 113 cm³/mol. The van der Waals surface area contributed by atoms with Crippen LogP contribution in [0.3, 0.4) is 0 Å². The molecule has 1 aromatic rings. The van der Waals surface area contributed by atoms with Crippen molar-refractivity contribution in [2.45, 2.75) is 77.4 Å². The van der Waals surface area contributed by atoms with Gasteiger partial charge in [0.05, 0.1) is 16.1 Å². The van der Waals surface area contributed by atoms with E-state index in [2.05, 4.69) is 17.0 Å². The normalized spacial score (nSPS) is 12.1. The summed E-state index contributed by atoms with van der Waals surface area (Å²) in [6, 6.07) is 5.78. The smallest absolute Gasteiger partial charge is 0.224 e. The van der Waals surface area contributed by atoms with E-state index in [9.17, 15) is 13.2 Å². The summed E-state index contributed by atoms with van der Waals surface area (Å²) in [5.41, 5.74) is 8.44. The summed E-state index contributed by atoms with van der Waals surface area (Å²) in [5.74, 6) is -0.112. The number of hydrogen-bond acceptors (Lipinski definition) is 4. The Hall–Kier alpha value is -1.60. The van der Waals surface area contributed by atoms with Crippen molar-refractivity contribution in [3.63, 3.8) is 0 Å². The SMILES string of the molecule is CCCCCc1ccc(NC(=O)CCCCNS(=O)(=O)C(C)(C)C)c(N)c1. The molecule has 0 aromatic heterocycles. The first-order valence-corrected chi connectivity index (χ1v) is 11.2. The van der Waals surface area contributed by atoms with Gasteiger partial charge in [0.1, 0.15) is 0 Å². The first-order chi connectivity index (χ1) is 12.6. The molecule has 7 heteroatoms. The summed E-state index contributed by atoms with van der Waals surface area (Å²) in [6.07, 6.45) is 6.06. The molecule has 1 amide bonds. The fraction of sp³-hybridized carbons (Fsp3) is 0.650. The number of aryl methyl sites for hydroxylation is 1. The van der Waals surface area contributed by atoms with Gasteiger partial charge >= 0.3 is 0 Å². The van der Waals surface area contributed by atoms with Gasteiger partial charge in [-0.2, -0.15) is 0 Å². The summed E-state index contributed by atoms with van der Waals surface area (Å²) in [7, 11) is -3.33. The molecule has 0 aliphatic rings. The maximum atomic E-state index is 12.1. The van der Waals surface area contributed by atoms with Gasteiger partial charge in [-0.1, -0.05) is 25.8 Å². The largest absolute Gasteiger partial charge is 0.397 e. The fourth-order valence-electron chi connectivity index (χ4n) is 2.51. The Labute approximate surface area is 164 Å². The third kappa shape index (κ3) is 8.30. The predicted octanol–water partition coefficient (Wildman–Crippen LogP) is 3.83. The Morgan fingerprint density at radius 3 is 2.41 bits per heavy atom. The van der Waals surface area contributed by atoms with Crippen LogP contribution in [-0.4, -0.2) is 25.6 Å². The van der Waals surface area contributed by atoms with Crippen LogP contribution in [0, 0.1) is 0 Å². The van der Waals surface area contributed by atoms with Crippen molar-refractivity contribution in [1.82, 2.24) is 4.72 Å². The van der Waals surface area contributed by atoms with Crippen molar-refractivity contribution < 1.29 is 13.2 Å². The Morgan fingerprint density at radius 1 is 1.11 bits per heavy atom. The molecule has 0 heterocycles. The van der Waals surface area contributed by atoms with E-state index >= 15 is 0 Å². The molecule has 0 aliphatic carbocycles. The molecule has 154 valence electrons. The Morgan fingerprint density at radius 2 is 1.81 bits per heavy atom. The van der Waals surface area contributed by atoms with E-state index in [0.29, 0.717) is 37.2 Å². The number of carbonyl (C=O) groups is 1. The second kappa shape index (κ2) is 10.7. The van der Waals surface area contributed by atoms with Crippen LogP contribution in [0.1, 0.15) is 71.8 Å². The van der Waals surface area contributed by atoms with Gasteiger partial charge < -0.3 is 11.1 Å². The van der Waals surface area contributed by atoms with E-state index in [1.165, 1.54) is 18.4 Å². The average molecular weight is 398 g/mol. The van der Waals surface area contributed by atoms with E-state index < -0.39 is 14.8 Å². The van der Waals surface area contributed by atoms with Gasteiger partial charge in [-0.25, -0.2) is 13.1 Å². The molecular formula is C20H35N3O3S. The number of nitrogens with two attached hydrogens (primary N) is 1. The molecule has 0 saturated carbocycles. The second-order valence-corrected chi connectivity index (χ2v) is 10.4. The van der Waals surface area contributed by atoms with E-state index in [-0.39, 0.29) is 5.91 Å². The molecule has 0 radical (unpaired) electrons. The van der Waals surface area contributed by atoms with Crippen LogP contribution in [0.25, 0.3) is 0 Å². The monoisotopic (exact) mass is 397 g/mol. The van der Waals surface area contributed by atoms with Crippen LogP contribution in [0.4, 0.5) is 11.4 Å². The zero-order chi connectivity index (χ0) is 20.5. The first kappa shape index (κ1) is 23.4. The van der Waals surface area contributed by atoms with E-state index in [0.717, 1.165) is 12.8 Å². The summed E-state index contributed by atoms with van der Waals surface area (Å²) in [6.45, 7) is 7.47. The molecule has 4 N–H and O–H groups in total. The third-order valence-electron chi connectivity index (χ3n) is 4.39. The lowest BCUT2D eigenvalue weighted by Crippen LogP contribution is -2.39. The van der Waals surface area contributed by atoms with Crippen molar-refractivity contribution >= 4 is 27.3 Å². The van der Waals surface area contributed by atoms with Gasteiger partial charge in [0.2, 0.25) is 15.9 Å². The van der Waals surface area contributed by atoms with Crippen LogP contribution in [0.2, 0.25) is 0 Å². The van der Waals surface area contributed by atoms with Gasteiger partial charge in [-0.15, -0.1) is 0 Å². The van der Waals surface area contributed by atoms with Gasteiger partial charge in [-0.05, 0) is 64.2 Å². The minimum absolute atomic E-state index is 0.112. The Kier molecular flexibility index (Phi) is 9.26. The van der Waals surface area contributed by atoms with Crippen LogP contribution in [0.5, 0.6) is 0 Å². The number of nitrogen functional groups attached to an aromatic ring is 1. The van der Waals surface area contributed by atoms with Crippen molar-refractivity contribution in [3.05, 3.63) is 23.8 Å². The summed E-state index contributed by atoms with van der Waals surface area (Å²) < 4.78 is 25.6. The highest BCUT2D eigenvalue weighted by Gasteiger charge is 2.27. The highest BCUT2D eigenvalue weighted by molar-refractivity contribution is 7.90. The lowest BCUT2D eigenvalue weighted by atomic mass is 10.1. The number of carbonyl (C=O) groups excluding carboxylic acids is 1. The van der Waals surface area contributed by atoms with Gasteiger partial charge in [0, 0.05) is 13.0 Å². The number of rotatable bonds is 11. The second-order valence-electron chi connectivity index (χ2n) is 7.89. The minimum atomic E-state index is -3.33. The Balaban J connectivity index is 2.36. The third-order valence-corrected chi connectivity index (χ3v) is 6.58. The first-order valence-electron chi connectivity index (χ1n) is 9.74. The fourth-order valence-corrected chi connectivity index (χ4v) is 3.35. The standard InChI is InChI=1S/C20H35N3O3S/c1-5-6-7-10-16-12-13-18(17(21)15-16)23-19(24)11-8-9-14-22-27(25,26)20(2,3)4/h12-13,15,22H,5-11,14,21H2,1-4H3,(H,23,24). The van der Waals surface area contributed by atoms with Crippen LogP contribution in [-0.2, 0) is 21.2 Å². The molecule has 1 aromatic carbocycles. The zero-order valence-electron chi connectivity index (χ0n) is 17.1. The van der Waals surface area contributed by atoms with Crippen LogP contribution in [0.15, 0.2) is 18.2 Å². The van der Waals surface area contributed by atoms with Crippen LogP contribution < -0.4 is 15.8 Å². The summed E-state index contributed by atoms with van der Waals surface area (Å²) in [4.78, 5) is 12.1. The lowest BCUT2D eigenvalue weighted by Gasteiger charge is -2.19. The quantitative estimate of drug-likeness (QED) is 0.390. The average Bonchev–Trinajstić information content (AvgIpc) is 2.56. The molecule has 0 atom stereocenters. The number of sulfonamides is 1. The topological polar surface area (TPSA) is 101 Å². The van der Waals surface area contributed by atoms with E-state index in [1.807, 2.05) is 18.2 Å². The molecule has 27 heavy (non-hydrogen) atoms. The number of anilines is 2. The minimum Gasteiger partial charge on any atom is -0.397 e. The molecule has 0 spiro atoms.